The number of rotatable bonds is 4. The first-order valence-electron chi connectivity index (χ1n) is 8.15. The Labute approximate surface area is 172 Å². The fraction of sp³-hybridized carbons (Fsp3) is 0.105. The van der Waals surface area contributed by atoms with Gasteiger partial charge in [0.05, 0.1) is 24.4 Å². The summed E-state index contributed by atoms with van der Waals surface area (Å²) in [5.41, 5.74) is 1.46. The van der Waals surface area contributed by atoms with Crippen molar-refractivity contribution in [2.75, 3.05) is 12.9 Å². The molecule has 138 valence electrons. The zero-order valence-corrected chi connectivity index (χ0v) is 17.0. The van der Waals surface area contributed by atoms with Crippen LogP contribution in [-0.2, 0) is 0 Å². The van der Waals surface area contributed by atoms with E-state index in [0.29, 0.717) is 33.0 Å². The molecule has 4 aromatic rings. The molecule has 0 unspecified atom stereocenters. The zero-order chi connectivity index (χ0) is 19.7. The van der Waals surface area contributed by atoms with E-state index in [1.54, 1.807) is 31.4 Å². The fourth-order valence-electron chi connectivity index (χ4n) is 2.75. The van der Waals surface area contributed by atoms with Crippen LogP contribution in [0.5, 0.6) is 5.75 Å². The van der Waals surface area contributed by atoms with Gasteiger partial charge in [-0.05, 0) is 42.5 Å². The van der Waals surface area contributed by atoms with Crippen molar-refractivity contribution in [3.8, 4) is 23.1 Å². The van der Waals surface area contributed by atoms with Crippen LogP contribution in [0.25, 0.3) is 27.8 Å². The lowest BCUT2D eigenvalue weighted by Gasteiger charge is -2.10. The van der Waals surface area contributed by atoms with Gasteiger partial charge in [0, 0.05) is 15.4 Å². The van der Waals surface area contributed by atoms with Gasteiger partial charge in [0.25, 0.3) is 5.56 Å². The number of nitriles is 1. The summed E-state index contributed by atoms with van der Waals surface area (Å²) in [6.07, 6.45) is 0. The van der Waals surface area contributed by atoms with Crippen LogP contribution >= 0.6 is 27.7 Å². The minimum absolute atomic E-state index is 0.204. The molecule has 2 aromatic heterocycles. The first kappa shape index (κ1) is 18.4. The van der Waals surface area contributed by atoms with E-state index in [1.165, 1.54) is 16.3 Å². The van der Waals surface area contributed by atoms with Gasteiger partial charge in [0.2, 0.25) is 0 Å². The Balaban J connectivity index is 2.01. The third-order valence-corrected chi connectivity index (χ3v) is 5.33. The van der Waals surface area contributed by atoms with Crippen molar-refractivity contribution < 1.29 is 4.74 Å². The van der Waals surface area contributed by atoms with E-state index in [1.807, 2.05) is 18.2 Å². The molecule has 0 saturated carbocycles. The number of hydrogen-bond donors (Lipinski definition) is 0. The third kappa shape index (κ3) is 3.32. The molecule has 0 atom stereocenters. The second kappa shape index (κ2) is 7.58. The van der Waals surface area contributed by atoms with Gasteiger partial charge in [-0.15, -0.1) is 0 Å². The lowest BCUT2D eigenvalue weighted by molar-refractivity contribution is 0.415. The predicted molar refractivity (Wildman–Crippen MR) is 111 cm³/mol. The Morgan fingerprint density at radius 2 is 2.00 bits per heavy atom. The SMILES string of the molecule is COc1ccc(-c2nn3c(SCC#N)nc4ccc(Br)cc4c3nc2=O)cc1. The van der Waals surface area contributed by atoms with E-state index >= 15 is 0 Å². The number of hydrogen-bond acceptors (Lipinski definition) is 7. The molecular weight excluding hydrogens is 442 g/mol. The standard InChI is InChI=1S/C19H12BrN5O2S/c1-27-13-5-2-11(3-6-13)16-18(26)23-17-14-10-12(20)4-7-15(14)22-19(25(17)24-16)28-9-8-21/h2-7,10H,9H2,1H3. The first-order chi connectivity index (χ1) is 13.6. The molecule has 0 aliphatic rings. The van der Waals surface area contributed by atoms with Gasteiger partial charge in [-0.25, -0.2) is 4.98 Å². The molecule has 0 aliphatic heterocycles. The Morgan fingerprint density at radius 3 is 2.71 bits per heavy atom. The molecule has 7 nitrogen and oxygen atoms in total. The summed E-state index contributed by atoms with van der Waals surface area (Å²) < 4.78 is 7.53. The normalized spacial score (nSPS) is 10.9. The molecule has 0 N–H and O–H groups in total. The smallest absolute Gasteiger partial charge is 0.300 e. The highest BCUT2D eigenvalue weighted by Gasteiger charge is 2.15. The monoisotopic (exact) mass is 453 g/mol. The average molecular weight is 454 g/mol. The number of fused-ring (bicyclic) bond motifs is 3. The van der Waals surface area contributed by atoms with E-state index in [4.69, 9.17) is 10.00 Å². The topological polar surface area (TPSA) is 93.2 Å². The zero-order valence-electron chi connectivity index (χ0n) is 14.6. The lowest BCUT2D eigenvalue weighted by Crippen LogP contribution is -2.17. The Morgan fingerprint density at radius 1 is 1.21 bits per heavy atom. The van der Waals surface area contributed by atoms with Crippen LogP contribution < -0.4 is 10.3 Å². The Hall–Kier alpha value is -2.96. The predicted octanol–water partition coefficient (Wildman–Crippen LogP) is 3.69. The molecule has 0 spiro atoms. The van der Waals surface area contributed by atoms with Gasteiger partial charge >= 0.3 is 0 Å². The molecule has 0 fully saturated rings. The highest BCUT2D eigenvalue weighted by molar-refractivity contribution is 9.10. The molecule has 0 bridgehead atoms. The van der Waals surface area contributed by atoms with Crippen LogP contribution in [0, 0.1) is 11.3 Å². The number of thioether (sulfide) groups is 1. The van der Waals surface area contributed by atoms with Crippen molar-refractivity contribution in [3.05, 3.63) is 57.3 Å². The summed E-state index contributed by atoms with van der Waals surface area (Å²) in [4.78, 5) is 21.6. The van der Waals surface area contributed by atoms with Crippen LogP contribution in [0.3, 0.4) is 0 Å². The van der Waals surface area contributed by atoms with E-state index in [0.717, 1.165) is 4.47 Å². The van der Waals surface area contributed by atoms with Crippen molar-refractivity contribution in [2.45, 2.75) is 5.16 Å². The van der Waals surface area contributed by atoms with Gasteiger partial charge in [-0.1, -0.05) is 27.7 Å². The highest BCUT2D eigenvalue weighted by Crippen LogP contribution is 2.26. The second-order valence-electron chi connectivity index (χ2n) is 5.73. The van der Waals surface area contributed by atoms with Crippen LogP contribution in [0.15, 0.2) is 56.9 Å². The van der Waals surface area contributed by atoms with Crippen LogP contribution in [0.1, 0.15) is 0 Å². The van der Waals surface area contributed by atoms with Crippen molar-refractivity contribution in [1.82, 2.24) is 19.6 Å². The second-order valence-corrected chi connectivity index (χ2v) is 7.59. The van der Waals surface area contributed by atoms with Gasteiger partial charge < -0.3 is 4.74 Å². The van der Waals surface area contributed by atoms with Crippen molar-refractivity contribution in [3.63, 3.8) is 0 Å². The van der Waals surface area contributed by atoms with Gasteiger partial charge in [-0.2, -0.15) is 19.9 Å². The highest BCUT2D eigenvalue weighted by atomic mass is 79.9. The molecule has 0 aliphatic carbocycles. The molecule has 28 heavy (non-hydrogen) atoms. The molecule has 4 rings (SSSR count). The third-order valence-electron chi connectivity index (χ3n) is 4.04. The van der Waals surface area contributed by atoms with E-state index in [-0.39, 0.29) is 11.4 Å². The fourth-order valence-corrected chi connectivity index (χ4v) is 3.72. The van der Waals surface area contributed by atoms with Crippen molar-refractivity contribution >= 4 is 44.2 Å². The maximum atomic E-state index is 12.7. The van der Waals surface area contributed by atoms with E-state index in [9.17, 15) is 4.79 Å². The molecule has 9 heteroatoms. The first-order valence-corrected chi connectivity index (χ1v) is 9.93. The molecule has 2 heterocycles. The largest absolute Gasteiger partial charge is 0.497 e. The number of benzene rings is 2. The van der Waals surface area contributed by atoms with Gasteiger partial charge in [0.15, 0.2) is 16.5 Å². The minimum atomic E-state index is -0.436. The van der Waals surface area contributed by atoms with Crippen LogP contribution in [0.4, 0.5) is 0 Å². The van der Waals surface area contributed by atoms with E-state index < -0.39 is 5.56 Å². The van der Waals surface area contributed by atoms with Crippen LogP contribution in [0.2, 0.25) is 0 Å². The molecule has 0 saturated heterocycles. The number of ether oxygens (including phenoxy) is 1. The Kier molecular flexibility index (Phi) is 4.98. The summed E-state index contributed by atoms with van der Waals surface area (Å²) in [7, 11) is 1.58. The van der Waals surface area contributed by atoms with Crippen molar-refractivity contribution in [2.24, 2.45) is 0 Å². The van der Waals surface area contributed by atoms with E-state index in [2.05, 4.69) is 37.1 Å². The quantitative estimate of drug-likeness (QED) is 0.264. The Bertz CT molecular complexity index is 1300. The van der Waals surface area contributed by atoms with Crippen molar-refractivity contribution in [1.29, 1.82) is 5.26 Å². The number of halogens is 1. The maximum absolute atomic E-state index is 12.7. The number of nitrogens with zero attached hydrogens (tertiary/aromatic N) is 5. The molecule has 0 amide bonds. The summed E-state index contributed by atoms with van der Waals surface area (Å²) in [6, 6.07) is 14.6. The summed E-state index contributed by atoms with van der Waals surface area (Å²) in [6.45, 7) is 0. The maximum Gasteiger partial charge on any atom is 0.300 e. The molecular formula is C19H12BrN5O2S. The molecule has 2 aromatic carbocycles. The number of methoxy groups -OCH3 is 1. The van der Waals surface area contributed by atoms with Gasteiger partial charge in [-0.3, -0.25) is 4.79 Å². The summed E-state index contributed by atoms with van der Waals surface area (Å²) in [5.74, 6) is 0.885. The average Bonchev–Trinajstić information content (AvgIpc) is 2.72. The lowest BCUT2D eigenvalue weighted by atomic mass is 10.1. The summed E-state index contributed by atoms with van der Waals surface area (Å²) >= 11 is 4.68. The number of aromatic nitrogens is 4. The minimum Gasteiger partial charge on any atom is -0.497 e. The van der Waals surface area contributed by atoms with Gasteiger partial charge in [0.1, 0.15) is 5.75 Å². The van der Waals surface area contributed by atoms with Crippen LogP contribution in [-0.4, -0.2) is 32.4 Å². The summed E-state index contributed by atoms with van der Waals surface area (Å²) in [5, 5.41) is 14.7. The molecule has 0 radical (unpaired) electrons.